The van der Waals surface area contributed by atoms with E-state index >= 15 is 0 Å². The molecule has 0 unspecified atom stereocenters. The summed E-state index contributed by atoms with van der Waals surface area (Å²) in [5.74, 6) is 0. The van der Waals surface area contributed by atoms with Crippen LogP contribution >= 0.6 is 0 Å². The number of hydrogen-bond acceptors (Lipinski definition) is 8. The molecule has 0 N–H and O–H groups in total. The van der Waals surface area contributed by atoms with Gasteiger partial charge in [-0.3, -0.25) is 33.6 Å². The van der Waals surface area contributed by atoms with Gasteiger partial charge in [-0.25, -0.2) is 0 Å². The predicted molar refractivity (Wildman–Crippen MR) is 5.75 cm³/mol. The molecule has 0 spiro atoms. The molecule has 0 aliphatic rings. The molecule has 0 saturated carbocycles. The van der Waals surface area contributed by atoms with Gasteiger partial charge in [0.1, 0.15) is 0 Å². The van der Waals surface area contributed by atoms with Crippen LogP contribution in [0.25, 0.3) is 0 Å². The van der Waals surface area contributed by atoms with Crippen LogP contribution in [0.4, 0.5) is 0 Å². The standard InChI is InChI=1S/2BrO4.Sr/c2*2-1(3,4)5;/q2*-1;+2. The van der Waals surface area contributed by atoms with Crippen molar-refractivity contribution in [2.75, 3.05) is 0 Å². The van der Waals surface area contributed by atoms with E-state index in [0.717, 1.165) is 0 Å². The molecule has 0 saturated heterocycles. The number of rotatable bonds is 0. The van der Waals surface area contributed by atoms with Crippen molar-refractivity contribution in [3.05, 3.63) is 0 Å². The third-order valence-electron chi connectivity index (χ3n) is 0. The van der Waals surface area contributed by atoms with Gasteiger partial charge in [0.25, 0.3) is 0 Å². The molecule has 0 atom stereocenters. The van der Waals surface area contributed by atoms with Crippen LogP contribution in [0, 0.1) is 28.2 Å². The quantitative estimate of drug-likeness (QED) is 0.373. The summed E-state index contributed by atoms with van der Waals surface area (Å²) >= 11 is -11.2. The summed E-state index contributed by atoms with van der Waals surface area (Å²) in [5, 5.41) is 0. The van der Waals surface area contributed by atoms with Gasteiger partial charge in [-0.2, -0.15) is 0 Å². The summed E-state index contributed by atoms with van der Waals surface area (Å²) in [6.45, 7) is 0. The molecule has 0 aromatic carbocycles. The maximum Gasteiger partial charge on any atom is 2.00 e. The minimum absolute atomic E-state index is 0. The van der Waals surface area contributed by atoms with Gasteiger partial charge >= 0.3 is 45.5 Å². The molecular weight excluding hydrogens is 375 g/mol. The molecule has 11 heteroatoms. The minimum atomic E-state index is -5.62. The largest absolute Gasteiger partial charge is 2.00 e. The minimum Gasteiger partial charge on any atom is -0.264 e. The second-order valence-electron chi connectivity index (χ2n) is 0.756. The van der Waals surface area contributed by atoms with Crippen molar-refractivity contribution in [1.82, 2.24) is 0 Å². The Morgan fingerprint density at radius 2 is 0.455 bits per heavy atom. The van der Waals surface area contributed by atoms with E-state index in [1.807, 2.05) is 0 Å². The van der Waals surface area contributed by atoms with Crippen molar-refractivity contribution in [2.24, 2.45) is 0 Å². The maximum absolute atomic E-state index is 8.58. The van der Waals surface area contributed by atoms with Crippen molar-refractivity contribution >= 4 is 45.5 Å². The van der Waals surface area contributed by atoms with E-state index in [1.165, 1.54) is 0 Å². The third-order valence-corrected chi connectivity index (χ3v) is 0. The Morgan fingerprint density at radius 1 is 0.455 bits per heavy atom. The van der Waals surface area contributed by atoms with Crippen molar-refractivity contribution < 1.29 is 61.8 Å². The first-order valence-corrected chi connectivity index (χ1v) is 6.41. The summed E-state index contributed by atoms with van der Waals surface area (Å²) in [6.07, 6.45) is 0. The molecule has 8 nitrogen and oxygen atoms in total. The fourth-order valence-corrected chi connectivity index (χ4v) is 0. The normalized spacial score (nSPS) is 10.9. The van der Waals surface area contributed by atoms with E-state index in [-0.39, 0.29) is 45.5 Å². The number of halogens is 2. The van der Waals surface area contributed by atoms with Gasteiger partial charge in [0.15, 0.2) is 0 Å². The van der Waals surface area contributed by atoms with Crippen LogP contribution in [-0.2, 0) is 0 Å². The maximum atomic E-state index is 8.58. The fourth-order valence-electron chi connectivity index (χ4n) is 0. The second-order valence-corrected chi connectivity index (χ2v) is 3.93. The second kappa shape index (κ2) is 7.52. The van der Waals surface area contributed by atoms with E-state index in [0.29, 0.717) is 0 Å². The van der Waals surface area contributed by atoms with Crippen LogP contribution in [0.5, 0.6) is 0 Å². The van der Waals surface area contributed by atoms with Gasteiger partial charge < -0.3 is 0 Å². The molecule has 0 amide bonds. The Bertz CT molecular complexity index is 55.1. The SMILES string of the molecule is [O-][Br+3]([O-])([O-])[O-].[O-][Br+3]([O-])([O-])[O-].[Sr+2]. The molecule has 0 fully saturated rings. The van der Waals surface area contributed by atoms with Gasteiger partial charge in [0, 0.05) is 0 Å². The van der Waals surface area contributed by atoms with E-state index in [1.54, 1.807) is 0 Å². The van der Waals surface area contributed by atoms with Crippen LogP contribution in [0.15, 0.2) is 0 Å². The molecule has 64 valence electrons. The molecule has 0 heterocycles. The summed E-state index contributed by atoms with van der Waals surface area (Å²) in [7, 11) is 0. The monoisotopic (exact) mass is 374 g/mol. The Morgan fingerprint density at radius 3 is 0.455 bits per heavy atom. The molecule has 0 aromatic heterocycles. The van der Waals surface area contributed by atoms with Crippen molar-refractivity contribution in [3.8, 4) is 0 Å². The molecule has 0 bridgehead atoms. The summed E-state index contributed by atoms with van der Waals surface area (Å²) < 4.78 is 68.6. The van der Waals surface area contributed by atoms with Crippen LogP contribution in [-0.4, -0.2) is 45.5 Å². The summed E-state index contributed by atoms with van der Waals surface area (Å²) in [4.78, 5) is 0. The first kappa shape index (κ1) is 18.8. The van der Waals surface area contributed by atoms with E-state index in [4.69, 9.17) is 33.6 Å². The van der Waals surface area contributed by atoms with Gasteiger partial charge in [0.05, 0.1) is 28.2 Å². The molecule has 11 heavy (non-hydrogen) atoms. The molecule has 0 radical (unpaired) electrons. The Kier molecular flexibility index (Phi) is 12.9. The molecule has 0 aliphatic carbocycles. The fraction of sp³-hybridized carbons (Fsp3) is 0. The number of hydrogen-bond donors (Lipinski definition) is 0. The third kappa shape index (κ3) is 276. The van der Waals surface area contributed by atoms with Gasteiger partial charge in [-0.15, -0.1) is 0 Å². The summed E-state index contributed by atoms with van der Waals surface area (Å²) in [5.41, 5.74) is 0. The smallest absolute Gasteiger partial charge is 0.264 e. The zero-order valence-electron chi connectivity index (χ0n) is 4.73. The first-order chi connectivity index (χ1) is 4.00. The average molecular weight is 375 g/mol. The van der Waals surface area contributed by atoms with E-state index in [9.17, 15) is 0 Å². The zero-order chi connectivity index (χ0) is 9.00. The molecular formula is Br2O8Sr. The van der Waals surface area contributed by atoms with Crippen LogP contribution < -0.4 is 33.6 Å². The van der Waals surface area contributed by atoms with E-state index in [2.05, 4.69) is 0 Å². The summed E-state index contributed by atoms with van der Waals surface area (Å²) in [6, 6.07) is 0. The first-order valence-electron chi connectivity index (χ1n) is 1.23. The van der Waals surface area contributed by atoms with Crippen LogP contribution in [0.2, 0.25) is 0 Å². The van der Waals surface area contributed by atoms with Crippen LogP contribution in [0.3, 0.4) is 0 Å². The Balaban J connectivity index is -0.000000107. The van der Waals surface area contributed by atoms with Crippen LogP contribution in [0.1, 0.15) is 0 Å². The topological polar surface area (TPSA) is 184 Å². The van der Waals surface area contributed by atoms with E-state index < -0.39 is 28.2 Å². The molecule has 0 aliphatic heterocycles. The molecule has 0 rings (SSSR count). The van der Waals surface area contributed by atoms with Gasteiger partial charge in [-0.05, 0) is 0 Å². The van der Waals surface area contributed by atoms with Crippen molar-refractivity contribution in [1.29, 1.82) is 0 Å². The average Bonchev–Trinajstić information content (AvgIpc) is 1.12. The predicted octanol–water partition coefficient (Wildman–Crippen LogP) is -9.89. The van der Waals surface area contributed by atoms with Gasteiger partial charge in [-0.1, -0.05) is 0 Å². The van der Waals surface area contributed by atoms with Gasteiger partial charge in [0.2, 0.25) is 0 Å². The zero-order valence-corrected chi connectivity index (χ0v) is 11.4. The van der Waals surface area contributed by atoms with Crippen molar-refractivity contribution in [2.45, 2.75) is 0 Å². The molecule has 0 aromatic rings. The Labute approximate surface area is 106 Å². The van der Waals surface area contributed by atoms with Crippen molar-refractivity contribution in [3.63, 3.8) is 0 Å². The Hall–Kier alpha value is 2.12.